The van der Waals surface area contributed by atoms with E-state index in [2.05, 4.69) is 27.7 Å². The molecule has 0 N–H and O–H groups in total. The maximum absolute atomic E-state index is 12.6. The molecule has 0 spiro atoms. The fourth-order valence-corrected chi connectivity index (χ4v) is 9.52. The first kappa shape index (κ1) is 19.0. The number of carbonyl (C=O) groups excluding carboxylic acids is 2. The lowest BCUT2D eigenvalue weighted by Gasteiger charge is -2.57. The second-order valence-electron chi connectivity index (χ2n) is 10.3. The van der Waals surface area contributed by atoms with Gasteiger partial charge in [0.15, 0.2) is 0 Å². The zero-order valence-corrected chi connectivity index (χ0v) is 17.8. The number of fused-ring (bicyclic) bond motifs is 4. The van der Waals surface area contributed by atoms with Crippen molar-refractivity contribution >= 4 is 31.2 Å². The van der Waals surface area contributed by atoms with Crippen LogP contribution in [0, 0.1) is 46.3 Å². The first-order valence-corrected chi connectivity index (χ1v) is 13.0. The molecule has 0 aromatic rings. The molecule has 0 heterocycles. The third-order valence-electron chi connectivity index (χ3n) is 8.42. The van der Waals surface area contributed by atoms with Gasteiger partial charge in [-0.05, 0) is 59.1 Å². The molecule has 4 bridgehead atoms. The zero-order chi connectivity index (χ0) is 19.1. The average molecular weight is 399 g/mol. The third kappa shape index (κ3) is 2.73. The Morgan fingerprint density at radius 3 is 1.73 bits per heavy atom. The van der Waals surface area contributed by atoms with Gasteiger partial charge in [-0.1, -0.05) is 27.7 Å². The van der Waals surface area contributed by atoms with E-state index in [9.17, 15) is 18.0 Å². The Labute approximate surface area is 160 Å². The summed E-state index contributed by atoms with van der Waals surface area (Å²) in [5, 5.41) is 0. The van der Waals surface area contributed by atoms with E-state index < -0.39 is 8.87 Å². The highest BCUT2D eigenvalue weighted by Crippen LogP contribution is 2.60. The molecule has 6 saturated carbocycles. The van der Waals surface area contributed by atoms with E-state index in [0.29, 0.717) is 24.0 Å². The van der Waals surface area contributed by atoms with Crippen molar-refractivity contribution in [1.82, 2.24) is 0 Å². The number of ketones is 2. The first-order valence-electron chi connectivity index (χ1n) is 9.88. The molecule has 0 aromatic carbocycles. The fourth-order valence-electron chi connectivity index (χ4n) is 6.07. The van der Waals surface area contributed by atoms with Gasteiger partial charge in [-0.2, -0.15) is 0 Å². The van der Waals surface area contributed by atoms with Crippen LogP contribution in [-0.2, 0) is 18.5 Å². The Bertz CT molecular complexity index is 752. The summed E-state index contributed by atoms with van der Waals surface area (Å²) in [6.07, 6.45) is 3.45. The predicted octanol–water partition coefficient (Wildman–Crippen LogP) is 3.55. The second-order valence-corrected chi connectivity index (χ2v) is 14.5. The number of rotatable bonds is 5. The molecular formula is C20H30O4S2. The van der Waals surface area contributed by atoms with Crippen LogP contribution in [0.1, 0.15) is 53.4 Å². The monoisotopic (exact) mass is 398 g/mol. The molecule has 6 atom stereocenters. The van der Waals surface area contributed by atoms with E-state index in [4.69, 9.17) is 0 Å². The standard InChI is InChI=1S/C20H30O4S2/c1-19(2)13-5-11(17(21)15(19)7-13)9-25-26(23,24)10-12-6-14-8-16(18(12)22)20(14,3)4/h11-16H,5-10H2,1-4H3/t11-,12-,13-,14-,15-,16-/m0/s1. The molecular weight excluding hydrogens is 368 g/mol. The van der Waals surface area contributed by atoms with Crippen LogP contribution in [-0.4, -0.2) is 31.5 Å². The molecule has 6 rings (SSSR count). The SMILES string of the molecule is CC1(C)[C@H]2C[C@@H](CSS(=O)(=O)C[C@@H]3C[C@H]4C[C@@H](C3=O)C4(C)C)C(=O)[C@@H]1C2. The first-order chi connectivity index (χ1) is 11.9. The van der Waals surface area contributed by atoms with Crippen molar-refractivity contribution in [1.29, 1.82) is 0 Å². The van der Waals surface area contributed by atoms with E-state index in [-0.39, 0.29) is 51.8 Å². The van der Waals surface area contributed by atoms with Crippen LogP contribution < -0.4 is 0 Å². The lowest BCUT2D eigenvalue weighted by molar-refractivity contribution is -0.156. The Kier molecular flexibility index (Phi) is 4.25. The minimum absolute atomic E-state index is 0.0423. The van der Waals surface area contributed by atoms with Gasteiger partial charge in [0.05, 0.1) is 5.75 Å². The van der Waals surface area contributed by atoms with Crippen LogP contribution in [0.3, 0.4) is 0 Å². The largest absolute Gasteiger partial charge is 0.299 e. The van der Waals surface area contributed by atoms with E-state index in [1.54, 1.807) is 0 Å². The summed E-state index contributed by atoms with van der Waals surface area (Å²) in [4.78, 5) is 25.2. The number of Topliss-reactive ketones (excluding diaryl/α,β-unsaturated/α-hetero) is 2. The molecule has 0 radical (unpaired) electrons. The van der Waals surface area contributed by atoms with Gasteiger partial charge in [0.2, 0.25) is 8.87 Å². The van der Waals surface area contributed by atoms with Crippen molar-refractivity contribution < 1.29 is 18.0 Å². The van der Waals surface area contributed by atoms with E-state index >= 15 is 0 Å². The van der Waals surface area contributed by atoms with E-state index in [1.807, 2.05) is 0 Å². The molecule has 0 unspecified atom stereocenters. The predicted molar refractivity (Wildman–Crippen MR) is 103 cm³/mol. The van der Waals surface area contributed by atoms with Crippen molar-refractivity contribution in [2.24, 2.45) is 46.3 Å². The van der Waals surface area contributed by atoms with Crippen LogP contribution in [0.5, 0.6) is 0 Å². The van der Waals surface area contributed by atoms with E-state index in [0.717, 1.165) is 30.1 Å². The minimum atomic E-state index is -3.36. The molecule has 4 nitrogen and oxygen atoms in total. The molecule has 6 aliphatic carbocycles. The maximum atomic E-state index is 12.6. The van der Waals surface area contributed by atoms with Crippen molar-refractivity contribution in [3.63, 3.8) is 0 Å². The molecule has 6 aliphatic rings. The van der Waals surface area contributed by atoms with Gasteiger partial charge >= 0.3 is 0 Å². The molecule has 0 amide bonds. The van der Waals surface area contributed by atoms with Crippen LogP contribution in [0.2, 0.25) is 0 Å². The van der Waals surface area contributed by atoms with Gasteiger partial charge in [-0.3, -0.25) is 9.59 Å². The highest BCUT2D eigenvalue weighted by atomic mass is 33.1. The van der Waals surface area contributed by atoms with Crippen LogP contribution in [0.4, 0.5) is 0 Å². The van der Waals surface area contributed by atoms with Crippen molar-refractivity contribution in [3.8, 4) is 0 Å². The zero-order valence-electron chi connectivity index (χ0n) is 16.2. The van der Waals surface area contributed by atoms with Crippen LogP contribution in [0.25, 0.3) is 0 Å². The Morgan fingerprint density at radius 1 is 0.846 bits per heavy atom. The summed E-state index contributed by atoms with van der Waals surface area (Å²) in [5.41, 5.74) is 0.145. The molecule has 0 aromatic heterocycles. The quantitative estimate of drug-likeness (QED) is 0.663. The summed E-state index contributed by atoms with van der Waals surface area (Å²) in [6.45, 7) is 8.58. The molecule has 26 heavy (non-hydrogen) atoms. The van der Waals surface area contributed by atoms with Crippen molar-refractivity contribution in [3.05, 3.63) is 0 Å². The minimum Gasteiger partial charge on any atom is -0.299 e. The van der Waals surface area contributed by atoms with Gasteiger partial charge in [0.25, 0.3) is 0 Å². The topological polar surface area (TPSA) is 68.3 Å². The third-order valence-corrected chi connectivity index (χ3v) is 12.0. The lowest BCUT2D eigenvalue weighted by atomic mass is 9.46. The summed E-state index contributed by atoms with van der Waals surface area (Å²) in [6, 6.07) is 0. The summed E-state index contributed by atoms with van der Waals surface area (Å²) in [5.74, 6) is 1.46. The van der Waals surface area contributed by atoms with Crippen molar-refractivity contribution in [2.45, 2.75) is 53.4 Å². The molecule has 6 heteroatoms. The Balaban J connectivity index is 1.33. The number of hydrogen-bond donors (Lipinski definition) is 0. The lowest BCUT2D eigenvalue weighted by Crippen LogP contribution is -2.57. The Hall–Kier alpha value is -0.360. The van der Waals surface area contributed by atoms with Crippen LogP contribution in [0.15, 0.2) is 0 Å². The molecule has 0 aliphatic heterocycles. The molecule has 0 saturated heterocycles. The highest BCUT2D eigenvalue weighted by molar-refractivity contribution is 8.72. The highest BCUT2D eigenvalue weighted by Gasteiger charge is 2.59. The van der Waals surface area contributed by atoms with Gasteiger partial charge in [0.1, 0.15) is 11.6 Å². The van der Waals surface area contributed by atoms with Crippen LogP contribution >= 0.6 is 10.8 Å². The van der Waals surface area contributed by atoms with E-state index in [1.165, 1.54) is 0 Å². The summed E-state index contributed by atoms with van der Waals surface area (Å²) >= 11 is 0. The van der Waals surface area contributed by atoms with Crippen molar-refractivity contribution in [2.75, 3.05) is 11.5 Å². The normalized spacial score (nSPS) is 42.8. The summed E-state index contributed by atoms with van der Waals surface area (Å²) < 4.78 is 25.2. The fraction of sp³-hybridized carbons (Fsp3) is 0.900. The maximum Gasteiger partial charge on any atom is 0.202 e. The summed E-state index contributed by atoms with van der Waals surface area (Å²) in [7, 11) is -2.44. The Morgan fingerprint density at radius 2 is 1.31 bits per heavy atom. The average Bonchev–Trinajstić information content (AvgIpc) is 2.54. The number of hydrogen-bond acceptors (Lipinski definition) is 5. The van der Waals surface area contributed by atoms with Gasteiger partial charge < -0.3 is 0 Å². The van der Waals surface area contributed by atoms with Gasteiger partial charge in [-0.15, -0.1) is 0 Å². The van der Waals surface area contributed by atoms with Gasteiger partial charge in [0, 0.05) is 29.4 Å². The number of carbonyl (C=O) groups is 2. The molecule has 146 valence electrons. The molecule has 6 fully saturated rings. The second kappa shape index (κ2) is 5.82. The van der Waals surface area contributed by atoms with Gasteiger partial charge in [-0.25, -0.2) is 8.42 Å². The smallest absolute Gasteiger partial charge is 0.202 e.